The molecule has 0 radical (unpaired) electrons. The Labute approximate surface area is 118 Å². The van der Waals surface area contributed by atoms with Crippen LogP contribution < -0.4 is 4.90 Å². The molecule has 106 valence electrons. The summed E-state index contributed by atoms with van der Waals surface area (Å²) in [5.41, 5.74) is 1.16. The summed E-state index contributed by atoms with van der Waals surface area (Å²) >= 11 is 0. The maximum absolute atomic E-state index is 12.9. The number of benzene rings is 1. The predicted octanol–water partition coefficient (Wildman–Crippen LogP) is 1.88. The van der Waals surface area contributed by atoms with E-state index < -0.39 is 0 Å². The molecule has 0 amide bonds. The number of halogens is 1. The van der Waals surface area contributed by atoms with Crippen molar-refractivity contribution >= 4 is 5.95 Å². The Kier molecular flexibility index (Phi) is 3.69. The first kappa shape index (κ1) is 13.1. The van der Waals surface area contributed by atoms with Crippen molar-refractivity contribution in [3.05, 3.63) is 48.0 Å². The summed E-state index contributed by atoms with van der Waals surface area (Å²) in [4.78, 5) is 9.09. The molecule has 1 aromatic heterocycles. The molecule has 0 atom stereocenters. The molecule has 2 heterocycles. The quantitative estimate of drug-likeness (QED) is 0.854. The number of rotatable bonds is 3. The van der Waals surface area contributed by atoms with Crippen molar-refractivity contribution in [3.8, 4) is 0 Å². The van der Waals surface area contributed by atoms with Crippen LogP contribution in [0.2, 0.25) is 0 Å². The summed E-state index contributed by atoms with van der Waals surface area (Å²) < 4.78 is 14.9. The second kappa shape index (κ2) is 5.63. The zero-order chi connectivity index (χ0) is 13.9. The second-order valence-corrected chi connectivity index (χ2v) is 5.23. The van der Waals surface area contributed by atoms with Gasteiger partial charge in [0.25, 0.3) is 0 Å². The SMILES string of the molecule is Cn1ccnc1N1CCN(Cc2ccc(F)cc2)CC1. The predicted molar refractivity (Wildman–Crippen MR) is 77.1 cm³/mol. The standard InChI is InChI=1S/C15H19FN4/c1-18-7-6-17-15(18)20-10-8-19(9-11-20)12-13-2-4-14(16)5-3-13/h2-7H,8-12H2,1H3. The molecule has 1 aliphatic heterocycles. The molecular weight excluding hydrogens is 255 g/mol. The van der Waals surface area contributed by atoms with Gasteiger partial charge in [0.2, 0.25) is 5.95 Å². The number of aryl methyl sites for hydroxylation is 1. The van der Waals surface area contributed by atoms with Crippen molar-refractivity contribution in [3.63, 3.8) is 0 Å². The average Bonchev–Trinajstić information content (AvgIpc) is 2.89. The van der Waals surface area contributed by atoms with E-state index in [0.29, 0.717) is 0 Å². The van der Waals surface area contributed by atoms with Crippen LogP contribution in [0.4, 0.5) is 10.3 Å². The largest absolute Gasteiger partial charge is 0.340 e. The fourth-order valence-corrected chi connectivity index (χ4v) is 2.62. The summed E-state index contributed by atoms with van der Waals surface area (Å²) in [6.07, 6.45) is 3.81. The number of hydrogen-bond acceptors (Lipinski definition) is 3. The Morgan fingerprint density at radius 1 is 1.10 bits per heavy atom. The van der Waals surface area contributed by atoms with E-state index in [9.17, 15) is 4.39 Å². The van der Waals surface area contributed by atoms with Gasteiger partial charge in [-0.1, -0.05) is 12.1 Å². The molecule has 4 nitrogen and oxygen atoms in total. The zero-order valence-electron chi connectivity index (χ0n) is 11.7. The van der Waals surface area contributed by atoms with Crippen LogP contribution in [0.1, 0.15) is 5.56 Å². The number of hydrogen-bond donors (Lipinski definition) is 0. The molecule has 0 unspecified atom stereocenters. The molecule has 3 rings (SSSR count). The third-order valence-corrected chi connectivity index (χ3v) is 3.77. The van der Waals surface area contributed by atoms with E-state index in [1.165, 1.54) is 12.1 Å². The van der Waals surface area contributed by atoms with Crippen molar-refractivity contribution < 1.29 is 4.39 Å². The van der Waals surface area contributed by atoms with Gasteiger partial charge in [-0.3, -0.25) is 4.90 Å². The van der Waals surface area contributed by atoms with Gasteiger partial charge in [-0.2, -0.15) is 0 Å². The summed E-state index contributed by atoms with van der Waals surface area (Å²) in [7, 11) is 2.02. The molecule has 0 saturated carbocycles. The average molecular weight is 274 g/mol. The van der Waals surface area contributed by atoms with Crippen LogP contribution in [-0.2, 0) is 13.6 Å². The molecule has 5 heteroatoms. The van der Waals surface area contributed by atoms with Gasteiger partial charge in [0.1, 0.15) is 5.82 Å². The number of aromatic nitrogens is 2. The van der Waals surface area contributed by atoms with Crippen LogP contribution in [0.25, 0.3) is 0 Å². The van der Waals surface area contributed by atoms with E-state index in [1.807, 2.05) is 31.6 Å². The van der Waals surface area contributed by atoms with Crippen LogP contribution in [0, 0.1) is 5.82 Å². The Hall–Kier alpha value is -1.88. The topological polar surface area (TPSA) is 24.3 Å². The fraction of sp³-hybridized carbons (Fsp3) is 0.400. The molecule has 2 aromatic rings. The Balaban J connectivity index is 1.56. The lowest BCUT2D eigenvalue weighted by Crippen LogP contribution is -2.46. The Morgan fingerprint density at radius 2 is 1.80 bits per heavy atom. The molecular formula is C15H19FN4. The van der Waals surface area contributed by atoms with E-state index in [1.54, 1.807) is 0 Å². The second-order valence-electron chi connectivity index (χ2n) is 5.23. The lowest BCUT2D eigenvalue weighted by Gasteiger charge is -2.35. The first-order valence-corrected chi connectivity index (χ1v) is 6.91. The molecule has 1 aromatic carbocycles. The van der Waals surface area contributed by atoms with E-state index in [2.05, 4.69) is 19.4 Å². The molecule has 20 heavy (non-hydrogen) atoms. The summed E-state index contributed by atoms with van der Waals surface area (Å²) in [5, 5.41) is 0. The number of nitrogens with zero attached hydrogens (tertiary/aromatic N) is 4. The van der Waals surface area contributed by atoms with E-state index >= 15 is 0 Å². The smallest absolute Gasteiger partial charge is 0.205 e. The molecule has 0 aliphatic carbocycles. The van der Waals surface area contributed by atoms with Crippen molar-refractivity contribution in [1.29, 1.82) is 0 Å². The van der Waals surface area contributed by atoms with Gasteiger partial charge in [-0.25, -0.2) is 9.37 Å². The highest BCUT2D eigenvalue weighted by molar-refractivity contribution is 5.31. The highest BCUT2D eigenvalue weighted by atomic mass is 19.1. The number of imidazole rings is 1. The van der Waals surface area contributed by atoms with E-state index in [4.69, 9.17) is 0 Å². The van der Waals surface area contributed by atoms with Crippen LogP contribution in [-0.4, -0.2) is 40.6 Å². The third kappa shape index (κ3) is 2.82. The van der Waals surface area contributed by atoms with Crippen LogP contribution in [0.3, 0.4) is 0 Å². The Morgan fingerprint density at radius 3 is 2.40 bits per heavy atom. The van der Waals surface area contributed by atoms with Gasteiger partial charge in [0, 0.05) is 52.2 Å². The van der Waals surface area contributed by atoms with Crippen molar-refractivity contribution in [2.45, 2.75) is 6.54 Å². The highest BCUT2D eigenvalue weighted by Crippen LogP contribution is 2.14. The lowest BCUT2D eigenvalue weighted by molar-refractivity contribution is 0.248. The summed E-state index contributed by atoms with van der Waals surface area (Å²) in [5.74, 6) is 0.861. The van der Waals surface area contributed by atoms with Crippen molar-refractivity contribution in [2.75, 3.05) is 31.1 Å². The van der Waals surface area contributed by atoms with Crippen LogP contribution in [0.5, 0.6) is 0 Å². The highest BCUT2D eigenvalue weighted by Gasteiger charge is 2.19. The molecule has 1 aliphatic rings. The van der Waals surface area contributed by atoms with E-state index in [0.717, 1.165) is 44.2 Å². The third-order valence-electron chi connectivity index (χ3n) is 3.77. The summed E-state index contributed by atoms with van der Waals surface area (Å²) in [6, 6.07) is 6.78. The minimum Gasteiger partial charge on any atom is -0.340 e. The monoisotopic (exact) mass is 274 g/mol. The van der Waals surface area contributed by atoms with Gasteiger partial charge in [0.05, 0.1) is 0 Å². The molecule has 1 fully saturated rings. The zero-order valence-corrected chi connectivity index (χ0v) is 11.7. The number of piperazine rings is 1. The normalized spacial score (nSPS) is 16.6. The molecule has 0 spiro atoms. The van der Waals surface area contributed by atoms with Crippen LogP contribution >= 0.6 is 0 Å². The van der Waals surface area contributed by atoms with Crippen LogP contribution in [0.15, 0.2) is 36.7 Å². The van der Waals surface area contributed by atoms with Gasteiger partial charge in [-0.05, 0) is 17.7 Å². The lowest BCUT2D eigenvalue weighted by atomic mass is 10.2. The first-order valence-electron chi connectivity index (χ1n) is 6.91. The van der Waals surface area contributed by atoms with Gasteiger partial charge in [-0.15, -0.1) is 0 Å². The van der Waals surface area contributed by atoms with Gasteiger partial charge >= 0.3 is 0 Å². The van der Waals surface area contributed by atoms with Gasteiger partial charge < -0.3 is 9.47 Å². The van der Waals surface area contributed by atoms with Crippen molar-refractivity contribution in [1.82, 2.24) is 14.5 Å². The maximum atomic E-state index is 12.9. The summed E-state index contributed by atoms with van der Waals surface area (Å²) in [6.45, 7) is 4.85. The minimum absolute atomic E-state index is 0.173. The van der Waals surface area contributed by atoms with E-state index in [-0.39, 0.29) is 5.82 Å². The van der Waals surface area contributed by atoms with Crippen molar-refractivity contribution in [2.24, 2.45) is 7.05 Å². The number of anilines is 1. The Bertz CT molecular complexity index is 556. The molecule has 0 bridgehead atoms. The maximum Gasteiger partial charge on any atom is 0.205 e. The minimum atomic E-state index is -0.173. The van der Waals surface area contributed by atoms with Gasteiger partial charge in [0.15, 0.2) is 0 Å². The molecule has 1 saturated heterocycles. The first-order chi connectivity index (χ1) is 9.72. The molecule has 0 N–H and O–H groups in total. The fourth-order valence-electron chi connectivity index (χ4n) is 2.62.